The predicted octanol–water partition coefficient (Wildman–Crippen LogP) is 0.950. The number of urea groups is 1. The van der Waals surface area contributed by atoms with E-state index in [1.165, 1.54) is 11.1 Å². The first-order valence-corrected chi connectivity index (χ1v) is 8.08. The third kappa shape index (κ3) is 4.45. The van der Waals surface area contributed by atoms with Crippen LogP contribution in [0.5, 0.6) is 0 Å². The van der Waals surface area contributed by atoms with E-state index in [1.54, 1.807) is 16.8 Å². The van der Waals surface area contributed by atoms with Gasteiger partial charge in [0.15, 0.2) is 0 Å². The van der Waals surface area contributed by atoms with Crippen molar-refractivity contribution in [2.24, 2.45) is 5.73 Å². The Morgan fingerprint density at radius 3 is 2.74 bits per heavy atom. The van der Waals surface area contributed by atoms with Crippen molar-refractivity contribution in [3.8, 4) is 0 Å². The van der Waals surface area contributed by atoms with Crippen LogP contribution in [0.25, 0.3) is 0 Å². The minimum absolute atomic E-state index is 0.00719. The maximum absolute atomic E-state index is 12.2. The van der Waals surface area contributed by atoms with E-state index in [9.17, 15) is 9.59 Å². The first-order valence-electron chi connectivity index (χ1n) is 8.08. The summed E-state index contributed by atoms with van der Waals surface area (Å²) in [6.07, 6.45) is 1.16. The van der Waals surface area contributed by atoms with Crippen LogP contribution in [0.4, 0.5) is 4.79 Å². The maximum Gasteiger partial charge on any atom is 0.317 e. The smallest absolute Gasteiger partial charge is 0.317 e. The van der Waals surface area contributed by atoms with Crippen LogP contribution >= 0.6 is 0 Å². The molecule has 6 heteroatoms. The van der Waals surface area contributed by atoms with E-state index in [4.69, 9.17) is 5.73 Å². The number of nitrogens with zero attached hydrogens (tertiary/aromatic N) is 2. The number of rotatable bonds is 5. The lowest BCUT2D eigenvalue weighted by molar-refractivity contribution is -0.131. The van der Waals surface area contributed by atoms with Gasteiger partial charge in [-0.15, -0.1) is 0 Å². The highest BCUT2D eigenvalue weighted by Crippen LogP contribution is 2.18. The quantitative estimate of drug-likeness (QED) is 0.848. The molecular weight excluding hydrogens is 292 g/mol. The van der Waals surface area contributed by atoms with Crippen LogP contribution < -0.4 is 11.1 Å². The van der Waals surface area contributed by atoms with Crippen LogP contribution in [-0.4, -0.2) is 54.5 Å². The average molecular weight is 318 g/mol. The van der Waals surface area contributed by atoms with Gasteiger partial charge in [0, 0.05) is 45.7 Å². The summed E-state index contributed by atoms with van der Waals surface area (Å²) in [5.41, 5.74) is 8.06. The van der Waals surface area contributed by atoms with Crippen LogP contribution in [0.1, 0.15) is 24.5 Å². The maximum atomic E-state index is 12.2. The van der Waals surface area contributed by atoms with Gasteiger partial charge in [-0.1, -0.05) is 24.3 Å². The molecule has 0 radical (unpaired) electrons. The third-order valence-electron chi connectivity index (χ3n) is 4.43. The van der Waals surface area contributed by atoms with Crippen molar-refractivity contribution in [3.63, 3.8) is 0 Å². The molecule has 126 valence electrons. The number of carbonyl (C=O) groups excluding carboxylic acids is 2. The van der Waals surface area contributed by atoms with Crippen LogP contribution in [-0.2, 0) is 17.8 Å². The molecule has 3 N–H and O–H groups in total. The zero-order valence-electron chi connectivity index (χ0n) is 13.9. The number of amides is 3. The van der Waals surface area contributed by atoms with Crippen LogP contribution in [0.3, 0.4) is 0 Å². The largest absolute Gasteiger partial charge is 0.342 e. The minimum Gasteiger partial charge on any atom is -0.342 e. The number of hydrogen-bond acceptors (Lipinski definition) is 3. The molecule has 0 bridgehead atoms. The van der Waals surface area contributed by atoms with E-state index in [0.29, 0.717) is 26.2 Å². The first-order chi connectivity index (χ1) is 11.0. The van der Waals surface area contributed by atoms with Crippen LogP contribution in [0.2, 0.25) is 0 Å². The summed E-state index contributed by atoms with van der Waals surface area (Å²) < 4.78 is 0. The predicted molar refractivity (Wildman–Crippen MR) is 89.9 cm³/mol. The molecular formula is C17H26N4O2. The molecule has 23 heavy (non-hydrogen) atoms. The lowest BCUT2D eigenvalue weighted by atomic mass is 10.0. The molecule has 0 aromatic heterocycles. The van der Waals surface area contributed by atoms with Gasteiger partial charge in [-0.05, 0) is 24.5 Å². The summed E-state index contributed by atoms with van der Waals surface area (Å²) in [5, 5.41) is 2.83. The molecule has 6 nitrogen and oxygen atoms in total. The summed E-state index contributed by atoms with van der Waals surface area (Å²) in [7, 11) is 1.74. The standard InChI is InChI=1S/C17H26N4O2/c1-13(11-18)20(2)16(22)7-9-19-17(23)21-10-8-14-5-3-4-6-15(14)12-21/h3-6,13H,7-12,18H2,1-2H3,(H,19,23). The summed E-state index contributed by atoms with van der Waals surface area (Å²) in [4.78, 5) is 27.6. The van der Waals surface area contributed by atoms with Crippen LogP contribution in [0.15, 0.2) is 24.3 Å². The second-order valence-electron chi connectivity index (χ2n) is 6.01. The number of carbonyl (C=O) groups is 2. The number of fused-ring (bicyclic) bond motifs is 1. The molecule has 0 fully saturated rings. The number of likely N-dealkylation sites (N-methyl/N-ethyl adjacent to an activating group) is 1. The summed E-state index contributed by atoms with van der Waals surface area (Å²) in [5.74, 6) is -0.00719. The highest BCUT2D eigenvalue weighted by Gasteiger charge is 2.20. The Bertz CT molecular complexity index is 561. The molecule has 1 heterocycles. The van der Waals surface area contributed by atoms with E-state index in [-0.39, 0.29) is 24.4 Å². The monoisotopic (exact) mass is 318 g/mol. The molecule has 1 aromatic carbocycles. The molecule has 1 aliphatic heterocycles. The molecule has 0 spiro atoms. The zero-order valence-corrected chi connectivity index (χ0v) is 13.9. The van der Waals surface area contributed by atoms with Gasteiger partial charge in [0.2, 0.25) is 5.91 Å². The molecule has 0 saturated carbocycles. The van der Waals surface area contributed by atoms with E-state index in [1.807, 2.05) is 19.1 Å². The summed E-state index contributed by atoms with van der Waals surface area (Å²) in [6.45, 7) is 4.02. The van der Waals surface area contributed by atoms with Gasteiger partial charge in [-0.3, -0.25) is 4.79 Å². The molecule has 1 aromatic rings. The van der Waals surface area contributed by atoms with E-state index >= 15 is 0 Å². The van der Waals surface area contributed by atoms with E-state index in [2.05, 4.69) is 17.4 Å². The van der Waals surface area contributed by atoms with Crippen molar-refractivity contribution >= 4 is 11.9 Å². The SMILES string of the molecule is CC(CN)N(C)C(=O)CCNC(=O)N1CCc2ccccc2C1. The summed E-state index contributed by atoms with van der Waals surface area (Å²) in [6, 6.07) is 8.09. The van der Waals surface area contributed by atoms with Crippen molar-refractivity contribution in [1.29, 1.82) is 0 Å². The second-order valence-corrected chi connectivity index (χ2v) is 6.01. The Labute approximate surface area is 137 Å². The minimum atomic E-state index is -0.109. The molecule has 0 aliphatic carbocycles. The van der Waals surface area contributed by atoms with Crippen molar-refractivity contribution < 1.29 is 9.59 Å². The van der Waals surface area contributed by atoms with Crippen molar-refractivity contribution in [2.75, 3.05) is 26.7 Å². The highest BCUT2D eigenvalue weighted by atomic mass is 16.2. The molecule has 3 amide bonds. The van der Waals surface area contributed by atoms with Gasteiger partial charge in [-0.2, -0.15) is 0 Å². The first kappa shape index (κ1) is 17.3. The number of nitrogens with two attached hydrogens (primary N) is 1. The Hall–Kier alpha value is -2.08. The number of hydrogen-bond donors (Lipinski definition) is 2. The Balaban J connectivity index is 1.77. The van der Waals surface area contributed by atoms with E-state index < -0.39 is 0 Å². The van der Waals surface area contributed by atoms with Crippen molar-refractivity contribution in [1.82, 2.24) is 15.1 Å². The fraction of sp³-hybridized carbons (Fsp3) is 0.529. The Morgan fingerprint density at radius 2 is 2.04 bits per heavy atom. The normalized spacial score (nSPS) is 14.8. The van der Waals surface area contributed by atoms with Gasteiger partial charge in [0.1, 0.15) is 0 Å². The molecule has 1 unspecified atom stereocenters. The van der Waals surface area contributed by atoms with Crippen molar-refractivity contribution in [2.45, 2.75) is 32.4 Å². The van der Waals surface area contributed by atoms with Crippen molar-refractivity contribution in [3.05, 3.63) is 35.4 Å². The van der Waals surface area contributed by atoms with Crippen LogP contribution in [0, 0.1) is 0 Å². The Morgan fingerprint density at radius 1 is 1.35 bits per heavy atom. The van der Waals surface area contributed by atoms with E-state index in [0.717, 1.165) is 6.42 Å². The number of benzene rings is 1. The molecule has 0 saturated heterocycles. The summed E-state index contributed by atoms with van der Waals surface area (Å²) >= 11 is 0. The fourth-order valence-electron chi connectivity index (χ4n) is 2.64. The average Bonchev–Trinajstić information content (AvgIpc) is 2.59. The fourth-order valence-corrected chi connectivity index (χ4v) is 2.64. The van der Waals surface area contributed by atoms with Gasteiger partial charge >= 0.3 is 6.03 Å². The van der Waals surface area contributed by atoms with Gasteiger partial charge < -0.3 is 20.9 Å². The molecule has 1 aliphatic rings. The zero-order chi connectivity index (χ0) is 16.8. The molecule has 1 atom stereocenters. The lowest BCUT2D eigenvalue weighted by Gasteiger charge is -2.29. The highest BCUT2D eigenvalue weighted by molar-refractivity contribution is 5.78. The van der Waals surface area contributed by atoms with Gasteiger partial charge in [0.05, 0.1) is 0 Å². The van der Waals surface area contributed by atoms with Gasteiger partial charge in [-0.25, -0.2) is 4.79 Å². The number of nitrogens with one attached hydrogen (secondary N) is 1. The lowest BCUT2D eigenvalue weighted by Crippen LogP contribution is -2.45. The Kier molecular flexibility index (Phi) is 5.98. The topological polar surface area (TPSA) is 78.7 Å². The third-order valence-corrected chi connectivity index (χ3v) is 4.43. The molecule has 2 rings (SSSR count). The van der Waals surface area contributed by atoms with Gasteiger partial charge in [0.25, 0.3) is 0 Å². The second kappa shape index (κ2) is 7.97.